The average Bonchev–Trinajstić information content (AvgIpc) is 2.81. The molecule has 0 bridgehead atoms. The molecule has 2 aromatic rings. The first-order valence-corrected chi connectivity index (χ1v) is 13.1. The lowest BCUT2D eigenvalue weighted by molar-refractivity contribution is -0.129. The largest absolute Gasteiger partial charge is 0.301 e. The Morgan fingerprint density at radius 2 is 1.52 bits per heavy atom. The Kier molecular flexibility index (Phi) is 9.68. The first kappa shape index (κ1) is 25.2. The highest BCUT2D eigenvalue weighted by Crippen LogP contribution is 2.16. The summed E-state index contributed by atoms with van der Waals surface area (Å²) in [6.45, 7) is 5.92. The summed E-state index contributed by atoms with van der Waals surface area (Å²) >= 11 is 0. The minimum atomic E-state index is -3.45. The number of benzene rings is 2. The Morgan fingerprint density at radius 1 is 0.848 bits per heavy atom. The molecule has 1 saturated heterocycles. The van der Waals surface area contributed by atoms with Crippen LogP contribution in [0.3, 0.4) is 0 Å². The monoisotopic (exact) mass is 474 g/mol. The number of sulfonamides is 1. The molecule has 0 aliphatic carbocycles. The van der Waals surface area contributed by atoms with Gasteiger partial charge in [-0.2, -0.15) is 0 Å². The number of hydrogen-bond acceptors (Lipinski definition) is 6. The highest BCUT2D eigenvalue weighted by molar-refractivity contribution is 7.91. The van der Waals surface area contributed by atoms with Crippen LogP contribution in [0, 0.1) is 0 Å². The van der Waals surface area contributed by atoms with Crippen LogP contribution in [0.5, 0.6) is 0 Å². The number of piperazine rings is 1. The van der Waals surface area contributed by atoms with Gasteiger partial charge < -0.3 is 4.90 Å². The second-order valence-corrected chi connectivity index (χ2v) is 10.2. The summed E-state index contributed by atoms with van der Waals surface area (Å²) in [5.74, 6) is -0.362. The maximum atomic E-state index is 12.4. The lowest BCUT2D eigenvalue weighted by atomic mass is 10.1. The van der Waals surface area contributed by atoms with Crippen molar-refractivity contribution >= 4 is 21.6 Å². The van der Waals surface area contributed by atoms with Crippen molar-refractivity contribution in [3.63, 3.8) is 0 Å². The van der Waals surface area contributed by atoms with E-state index in [9.17, 15) is 13.2 Å². The molecule has 9 heteroatoms. The number of nitrogens with one attached hydrogen (secondary N) is 2. The molecule has 0 unspecified atom stereocenters. The van der Waals surface area contributed by atoms with E-state index in [1.165, 1.54) is 0 Å². The van der Waals surface area contributed by atoms with Gasteiger partial charge in [0.15, 0.2) is 0 Å². The molecule has 0 aromatic heterocycles. The molecule has 0 radical (unpaired) electrons. The fraction of sp³-hybridized carbons (Fsp3) is 0.458. The van der Waals surface area contributed by atoms with Gasteiger partial charge in [0.2, 0.25) is 15.9 Å². The topological polar surface area (TPSA) is 102 Å². The van der Waals surface area contributed by atoms with Gasteiger partial charge in [-0.3, -0.25) is 19.6 Å². The zero-order valence-electron chi connectivity index (χ0n) is 18.9. The molecule has 8 nitrogen and oxygen atoms in total. The number of hydrogen-bond donors (Lipinski definition) is 3. The first-order chi connectivity index (χ1) is 15.9. The molecular weight excluding hydrogens is 440 g/mol. The van der Waals surface area contributed by atoms with Crippen molar-refractivity contribution in [1.29, 1.82) is 0 Å². The standard InChI is InChI=1S/C24H34N4O4S/c29-24(25-30)9-5-2-6-14-27-15-17-28(18-16-27)19-21-10-12-23(13-11-21)26-33(31,32)20-22-7-3-1-4-8-22/h1,3-4,7-8,10-13,26,30H,2,5-6,9,14-20H2,(H,25,29). The van der Waals surface area contributed by atoms with E-state index < -0.39 is 10.0 Å². The van der Waals surface area contributed by atoms with Gasteiger partial charge in [-0.25, -0.2) is 13.9 Å². The highest BCUT2D eigenvalue weighted by Gasteiger charge is 2.17. The lowest BCUT2D eigenvalue weighted by Gasteiger charge is -2.34. The summed E-state index contributed by atoms with van der Waals surface area (Å²) in [6.07, 6.45) is 3.21. The maximum Gasteiger partial charge on any atom is 0.243 e. The van der Waals surface area contributed by atoms with Crippen molar-refractivity contribution in [2.24, 2.45) is 0 Å². The quantitative estimate of drug-likeness (QED) is 0.248. The minimum absolute atomic E-state index is 0.0438. The third-order valence-electron chi connectivity index (χ3n) is 5.80. The van der Waals surface area contributed by atoms with Gasteiger partial charge in [-0.1, -0.05) is 48.9 Å². The van der Waals surface area contributed by atoms with E-state index in [4.69, 9.17) is 5.21 Å². The summed E-state index contributed by atoms with van der Waals surface area (Å²) in [5, 5.41) is 8.49. The van der Waals surface area contributed by atoms with Crippen LogP contribution < -0.4 is 10.2 Å². The fourth-order valence-corrected chi connectivity index (χ4v) is 5.17. The third-order valence-corrected chi connectivity index (χ3v) is 7.06. The zero-order valence-corrected chi connectivity index (χ0v) is 19.8. The second kappa shape index (κ2) is 12.7. The number of anilines is 1. The Balaban J connectivity index is 1.36. The van der Waals surface area contributed by atoms with E-state index in [1.807, 2.05) is 42.5 Å². The Hall–Kier alpha value is -2.46. The van der Waals surface area contributed by atoms with Gasteiger partial charge in [0.25, 0.3) is 0 Å². The number of amides is 1. The van der Waals surface area contributed by atoms with Crippen LogP contribution in [0.1, 0.15) is 36.8 Å². The van der Waals surface area contributed by atoms with Gasteiger partial charge in [0.1, 0.15) is 0 Å². The van der Waals surface area contributed by atoms with Crippen molar-refractivity contribution in [3.05, 3.63) is 65.7 Å². The predicted molar refractivity (Wildman–Crippen MR) is 129 cm³/mol. The van der Waals surface area contributed by atoms with Crippen LogP contribution in [0.4, 0.5) is 5.69 Å². The van der Waals surface area contributed by atoms with Gasteiger partial charge in [-0.15, -0.1) is 0 Å². The van der Waals surface area contributed by atoms with Crippen molar-refractivity contribution in [2.75, 3.05) is 37.4 Å². The molecule has 3 N–H and O–H groups in total. The van der Waals surface area contributed by atoms with E-state index in [2.05, 4.69) is 14.5 Å². The molecule has 0 spiro atoms. The number of rotatable bonds is 12. The molecule has 1 aliphatic heterocycles. The van der Waals surface area contributed by atoms with Crippen molar-refractivity contribution in [2.45, 2.75) is 38.0 Å². The van der Waals surface area contributed by atoms with Gasteiger partial charge in [0.05, 0.1) is 5.75 Å². The van der Waals surface area contributed by atoms with Crippen LogP contribution in [0.15, 0.2) is 54.6 Å². The van der Waals surface area contributed by atoms with E-state index in [1.54, 1.807) is 17.6 Å². The minimum Gasteiger partial charge on any atom is -0.301 e. The van der Waals surface area contributed by atoms with E-state index in [0.29, 0.717) is 12.1 Å². The third kappa shape index (κ3) is 9.13. The molecular formula is C24H34N4O4S. The summed E-state index contributed by atoms with van der Waals surface area (Å²) in [6, 6.07) is 16.8. The molecule has 2 aromatic carbocycles. The van der Waals surface area contributed by atoms with Gasteiger partial charge >= 0.3 is 0 Å². The highest BCUT2D eigenvalue weighted by atomic mass is 32.2. The lowest BCUT2D eigenvalue weighted by Crippen LogP contribution is -2.46. The van der Waals surface area contributed by atoms with Crippen LogP contribution in [0.2, 0.25) is 0 Å². The molecule has 33 heavy (non-hydrogen) atoms. The fourth-order valence-electron chi connectivity index (χ4n) is 3.97. The molecule has 1 amide bonds. The second-order valence-electron chi connectivity index (χ2n) is 8.51. The van der Waals surface area contributed by atoms with Gasteiger partial charge in [-0.05, 0) is 42.6 Å². The predicted octanol–water partition coefficient (Wildman–Crippen LogP) is 2.81. The SMILES string of the molecule is O=C(CCCCCN1CCN(Cc2ccc(NS(=O)(=O)Cc3ccccc3)cc2)CC1)NO. The van der Waals surface area contributed by atoms with Crippen molar-refractivity contribution in [1.82, 2.24) is 15.3 Å². The Morgan fingerprint density at radius 3 is 2.18 bits per heavy atom. The van der Waals surface area contributed by atoms with E-state index in [0.717, 1.165) is 69.7 Å². The molecule has 0 atom stereocenters. The number of carbonyl (C=O) groups excluding carboxylic acids is 1. The molecule has 1 aliphatic rings. The number of nitrogens with zero attached hydrogens (tertiary/aromatic N) is 2. The van der Waals surface area contributed by atoms with Crippen molar-refractivity contribution in [3.8, 4) is 0 Å². The summed E-state index contributed by atoms with van der Waals surface area (Å²) in [4.78, 5) is 15.9. The van der Waals surface area contributed by atoms with Crippen LogP contribution >= 0.6 is 0 Å². The van der Waals surface area contributed by atoms with Crippen molar-refractivity contribution < 1.29 is 18.4 Å². The summed E-state index contributed by atoms with van der Waals surface area (Å²) < 4.78 is 27.5. The average molecular weight is 475 g/mol. The Bertz CT molecular complexity index is 960. The summed E-state index contributed by atoms with van der Waals surface area (Å²) in [7, 11) is -3.45. The summed E-state index contributed by atoms with van der Waals surface area (Å²) in [5.41, 5.74) is 4.17. The molecule has 1 fully saturated rings. The number of carbonyl (C=O) groups is 1. The number of hydroxylamine groups is 1. The van der Waals surface area contributed by atoms with Crippen LogP contribution in [0.25, 0.3) is 0 Å². The molecule has 0 saturated carbocycles. The first-order valence-electron chi connectivity index (χ1n) is 11.4. The molecule has 1 heterocycles. The maximum absolute atomic E-state index is 12.4. The number of unbranched alkanes of at least 4 members (excludes halogenated alkanes) is 2. The van der Waals surface area contributed by atoms with E-state index in [-0.39, 0.29) is 11.7 Å². The van der Waals surface area contributed by atoms with Gasteiger partial charge in [0, 0.05) is 44.8 Å². The van der Waals surface area contributed by atoms with E-state index >= 15 is 0 Å². The molecule has 3 rings (SSSR count). The zero-order chi connectivity index (χ0) is 23.5. The molecule has 180 valence electrons. The smallest absolute Gasteiger partial charge is 0.243 e. The normalized spacial score (nSPS) is 15.3. The van der Waals surface area contributed by atoms with Crippen LogP contribution in [-0.2, 0) is 27.1 Å². The Labute approximate surface area is 196 Å². The van der Waals surface area contributed by atoms with Crippen LogP contribution in [-0.4, -0.2) is 62.1 Å².